The molecule has 0 unspecified atom stereocenters. The van der Waals surface area contributed by atoms with Crippen molar-refractivity contribution >= 4 is 23.6 Å². The number of hydrogen-bond donors (Lipinski definition) is 3. The second kappa shape index (κ2) is 10.4. The van der Waals surface area contributed by atoms with Crippen molar-refractivity contribution in [3.63, 3.8) is 0 Å². The third kappa shape index (κ3) is 10.0. The van der Waals surface area contributed by atoms with Gasteiger partial charge in [0, 0.05) is 18.3 Å². The lowest BCUT2D eigenvalue weighted by molar-refractivity contribution is -0.120. The molecule has 1 aromatic carbocycles. The molecule has 0 saturated carbocycles. The highest BCUT2D eigenvalue weighted by molar-refractivity contribution is 5.99. The molecule has 0 aliphatic carbocycles. The number of alkyl carbamates (subject to hydrolysis) is 1. The van der Waals surface area contributed by atoms with Gasteiger partial charge in [0.2, 0.25) is 11.8 Å². The van der Waals surface area contributed by atoms with Gasteiger partial charge in [0.1, 0.15) is 12.1 Å². The molecule has 27 heavy (non-hydrogen) atoms. The van der Waals surface area contributed by atoms with Crippen LogP contribution in [0.5, 0.6) is 0 Å². The van der Waals surface area contributed by atoms with E-state index >= 15 is 0 Å². The number of hydrogen-bond acceptors (Lipinski definition) is 4. The minimum Gasteiger partial charge on any atom is -0.444 e. The van der Waals surface area contributed by atoms with Crippen molar-refractivity contribution in [2.24, 2.45) is 0 Å². The van der Waals surface area contributed by atoms with Crippen molar-refractivity contribution in [3.8, 4) is 0 Å². The number of benzene rings is 1. The highest BCUT2D eigenvalue weighted by Gasteiger charge is 2.16. The summed E-state index contributed by atoms with van der Waals surface area (Å²) in [5, 5.41) is 7.90. The zero-order valence-corrected chi connectivity index (χ0v) is 16.6. The summed E-state index contributed by atoms with van der Waals surface area (Å²) in [6.45, 7) is 9.24. The van der Waals surface area contributed by atoms with Gasteiger partial charge in [0.25, 0.3) is 0 Å². The number of allylic oxidation sites excluding steroid dienone is 1. The lowest BCUT2D eigenvalue weighted by Gasteiger charge is -2.19. The molecule has 0 fully saturated rings. The average Bonchev–Trinajstić information content (AvgIpc) is 2.56. The zero-order chi connectivity index (χ0) is 20.4. The molecule has 148 valence electrons. The van der Waals surface area contributed by atoms with Gasteiger partial charge in [-0.05, 0) is 51.8 Å². The molecule has 7 nitrogen and oxygen atoms in total. The predicted molar refractivity (Wildman–Crippen MR) is 105 cm³/mol. The van der Waals surface area contributed by atoms with E-state index in [0.717, 1.165) is 17.6 Å². The van der Waals surface area contributed by atoms with Crippen LogP contribution in [-0.4, -0.2) is 30.1 Å². The quantitative estimate of drug-likeness (QED) is 0.638. The molecule has 0 aliphatic heterocycles. The summed E-state index contributed by atoms with van der Waals surface area (Å²) in [7, 11) is 0. The Balaban J connectivity index is 2.48. The van der Waals surface area contributed by atoms with Crippen molar-refractivity contribution in [1.82, 2.24) is 10.6 Å². The van der Waals surface area contributed by atoms with E-state index in [1.807, 2.05) is 19.9 Å². The predicted octanol–water partition coefficient (Wildman–Crippen LogP) is 3.12. The molecule has 0 heterocycles. The molecule has 1 rings (SSSR count). The van der Waals surface area contributed by atoms with Crippen molar-refractivity contribution in [1.29, 1.82) is 0 Å². The Morgan fingerprint density at radius 1 is 1.15 bits per heavy atom. The van der Waals surface area contributed by atoms with Crippen LogP contribution in [0.15, 0.2) is 35.9 Å². The third-order valence-corrected chi connectivity index (χ3v) is 3.41. The molecule has 7 heteroatoms. The number of carbonyl (C=O) groups excluding carboxylic acids is 3. The second-order valence-electron chi connectivity index (χ2n) is 7.17. The molecule has 0 radical (unpaired) electrons. The lowest BCUT2D eigenvalue weighted by Crippen LogP contribution is -2.39. The molecule has 0 aromatic heterocycles. The number of rotatable bonds is 7. The maximum atomic E-state index is 11.9. The van der Waals surface area contributed by atoms with Gasteiger partial charge in [-0.2, -0.15) is 0 Å². The van der Waals surface area contributed by atoms with Crippen molar-refractivity contribution < 1.29 is 19.1 Å². The van der Waals surface area contributed by atoms with Gasteiger partial charge >= 0.3 is 6.09 Å². The summed E-state index contributed by atoms with van der Waals surface area (Å²) in [6, 6.07) is 7.20. The molecule has 0 spiro atoms. The molecular weight excluding hydrogens is 346 g/mol. The van der Waals surface area contributed by atoms with E-state index in [2.05, 4.69) is 16.0 Å². The van der Waals surface area contributed by atoms with Crippen LogP contribution in [0.2, 0.25) is 0 Å². The fraction of sp³-hybridized carbons (Fsp3) is 0.450. The van der Waals surface area contributed by atoms with E-state index in [4.69, 9.17) is 4.74 Å². The van der Waals surface area contributed by atoms with Crippen LogP contribution < -0.4 is 16.0 Å². The van der Waals surface area contributed by atoms with Gasteiger partial charge in [0.15, 0.2) is 0 Å². The van der Waals surface area contributed by atoms with Crippen LogP contribution in [0.25, 0.3) is 0 Å². The first-order chi connectivity index (χ1) is 12.6. The highest BCUT2D eigenvalue weighted by atomic mass is 16.6. The first-order valence-electron chi connectivity index (χ1n) is 8.89. The normalized spacial score (nSPS) is 11.5. The van der Waals surface area contributed by atoms with Crippen molar-refractivity contribution in [2.45, 2.75) is 53.2 Å². The summed E-state index contributed by atoms with van der Waals surface area (Å²) < 4.78 is 5.06. The van der Waals surface area contributed by atoms with E-state index in [1.165, 1.54) is 0 Å². The van der Waals surface area contributed by atoms with Gasteiger partial charge in [-0.15, -0.1) is 0 Å². The molecule has 0 atom stereocenters. The summed E-state index contributed by atoms with van der Waals surface area (Å²) in [6.07, 6.45) is 1.74. The second-order valence-corrected chi connectivity index (χ2v) is 7.17. The Labute approximate surface area is 160 Å². The Hall–Kier alpha value is -2.83. The standard InChI is InChI=1S/C20H29N3O4/c1-6-14(2)10-17(24)23-16-9-7-8-15(11-16)12-21-18(25)13-22-19(26)27-20(3,4)5/h7-11H,6,12-13H2,1-5H3,(H,21,25)(H,22,26)(H,23,24)/b14-10+. The topological polar surface area (TPSA) is 96.5 Å². The maximum Gasteiger partial charge on any atom is 0.408 e. The smallest absolute Gasteiger partial charge is 0.408 e. The van der Waals surface area contributed by atoms with Gasteiger partial charge in [0.05, 0.1) is 0 Å². The Morgan fingerprint density at radius 2 is 1.85 bits per heavy atom. The largest absolute Gasteiger partial charge is 0.444 e. The third-order valence-electron chi connectivity index (χ3n) is 3.41. The Kier molecular flexibility index (Phi) is 8.51. The van der Waals surface area contributed by atoms with Crippen LogP contribution >= 0.6 is 0 Å². The summed E-state index contributed by atoms with van der Waals surface area (Å²) in [5.41, 5.74) is 1.86. The molecule has 3 N–H and O–H groups in total. The monoisotopic (exact) mass is 375 g/mol. The minimum absolute atomic E-state index is 0.174. The summed E-state index contributed by atoms with van der Waals surface area (Å²) in [4.78, 5) is 35.3. The van der Waals surface area contributed by atoms with Crippen molar-refractivity contribution in [3.05, 3.63) is 41.5 Å². The Bertz CT molecular complexity index is 705. The SMILES string of the molecule is CC/C(C)=C/C(=O)Nc1cccc(CNC(=O)CNC(=O)OC(C)(C)C)c1. The van der Waals surface area contributed by atoms with E-state index in [9.17, 15) is 14.4 Å². The van der Waals surface area contributed by atoms with Crippen LogP contribution in [0.3, 0.4) is 0 Å². The van der Waals surface area contributed by atoms with Gasteiger partial charge in [-0.25, -0.2) is 4.79 Å². The number of amides is 3. The fourth-order valence-corrected chi connectivity index (χ4v) is 1.99. The minimum atomic E-state index is -0.641. The van der Waals surface area contributed by atoms with Gasteiger partial charge in [-0.1, -0.05) is 24.6 Å². The zero-order valence-electron chi connectivity index (χ0n) is 16.6. The highest BCUT2D eigenvalue weighted by Crippen LogP contribution is 2.11. The van der Waals surface area contributed by atoms with E-state index in [0.29, 0.717) is 5.69 Å². The maximum absolute atomic E-state index is 11.9. The van der Waals surface area contributed by atoms with Crippen molar-refractivity contribution in [2.75, 3.05) is 11.9 Å². The number of ether oxygens (including phenoxy) is 1. The summed E-state index contributed by atoms with van der Waals surface area (Å²) >= 11 is 0. The number of carbonyl (C=O) groups is 3. The molecule has 0 aliphatic rings. The first-order valence-corrected chi connectivity index (χ1v) is 8.89. The van der Waals surface area contributed by atoms with Crippen LogP contribution in [0.4, 0.5) is 10.5 Å². The molecule has 1 aromatic rings. The number of anilines is 1. The molecular formula is C20H29N3O4. The number of nitrogens with one attached hydrogen (secondary N) is 3. The Morgan fingerprint density at radius 3 is 2.48 bits per heavy atom. The first kappa shape index (κ1) is 22.2. The van der Waals surface area contributed by atoms with Crippen LogP contribution in [-0.2, 0) is 20.9 Å². The molecule has 3 amide bonds. The summed E-state index contributed by atoms with van der Waals surface area (Å²) in [5.74, 6) is -0.520. The fourth-order valence-electron chi connectivity index (χ4n) is 1.99. The van der Waals surface area contributed by atoms with Gasteiger partial charge < -0.3 is 20.7 Å². The average molecular weight is 375 g/mol. The molecule has 0 bridgehead atoms. The van der Waals surface area contributed by atoms with Crippen LogP contribution in [0, 0.1) is 0 Å². The van der Waals surface area contributed by atoms with Crippen LogP contribution in [0.1, 0.15) is 46.6 Å². The van der Waals surface area contributed by atoms with E-state index in [-0.39, 0.29) is 24.9 Å². The lowest BCUT2D eigenvalue weighted by atomic mass is 10.2. The van der Waals surface area contributed by atoms with E-state index in [1.54, 1.807) is 45.0 Å². The molecule has 0 saturated heterocycles. The van der Waals surface area contributed by atoms with E-state index < -0.39 is 11.7 Å². The van der Waals surface area contributed by atoms with Gasteiger partial charge in [-0.3, -0.25) is 9.59 Å².